The zero-order valence-corrected chi connectivity index (χ0v) is 13.8. The number of nitrogens with one attached hydrogen (secondary N) is 2. The van der Waals surface area contributed by atoms with E-state index in [4.69, 9.17) is 9.88 Å². The number of anilines is 1. The van der Waals surface area contributed by atoms with E-state index in [1.54, 1.807) is 0 Å². The van der Waals surface area contributed by atoms with Crippen molar-refractivity contribution < 1.29 is 22.7 Å². The number of carbonyl (C=O) groups excluding carboxylic acids is 2. The van der Waals surface area contributed by atoms with Gasteiger partial charge in [0.05, 0.1) is 18.1 Å². The van der Waals surface area contributed by atoms with Crippen LogP contribution in [0.3, 0.4) is 0 Å². The Kier molecular flexibility index (Phi) is 6.26. The van der Waals surface area contributed by atoms with Crippen LogP contribution in [-0.2, 0) is 24.3 Å². The van der Waals surface area contributed by atoms with Crippen molar-refractivity contribution in [3.8, 4) is 0 Å². The Balaban J connectivity index is 1.77. The summed E-state index contributed by atoms with van der Waals surface area (Å²) in [4.78, 5) is 25.6. The topological polar surface area (TPSA) is 131 Å². The number of carbonyl (C=O) groups is 2. The van der Waals surface area contributed by atoms with Crippen molar-refractivity contribution in [1.29, 1.82) is 0 Å². The summed E-state index contributed by atoms with van der Waals surface area (Å²) >= 11 is 0. The maximum absolute atomic E-state index is 11.8. The monoisotopic (exact) mass is 356 g/mol. The van der Waals surface area contributed by atoms with Crippen LogP contribution in [0, 0.1) is 0 Å². The maximum atomic E-state index is 11.8. The second-order valence-corrected chi connectivity index (χ2v) is 6.79. The number of amides is 2. The van der Waals surface area contributed by atoms with Crippen LogP contribution in [0.4, 0.5) is 5.69 Å². The number of morpholine rings is 1. The van der Waals surface area contributed by atoms with Crippen molar-refractivity contribution >= 4 is 27.5 Å². The third-order valence-electron chi connectivity index (χ3n) is 3.46. The van der Waals surface area contributed by atoms with Gasteiger partial charge in [0.1, 0.15) is 0 Å². The Hall–Kier alpha value is -2.01. The molecule has 1 aliphatic heterocycles. The molecule has 0 atom stereocenters. The summed E-state index contributed by atoms with van der Waals surface area (Å²) in [6.45, 7) is 3.95. The van der Waals surface area contributed by atoms with Crippen LogP contribution in [0.2, 0.25) is 0 Å². The van der Waals surface area contributed by atoms with E-state index in [0.717, 1.165) is 13.1 Å². The number of benzene rings is 1. The molecule has 0 aliphatic carbocycles. The van der Waals surface area contributed by atoms with E-state index in [2.05, 4.69) is 15.5 Å². The number of hydrogen-bond donors (Lipinski definition) is 3. The molecule has 0 bridgehead atoms. The molecule has 4 N–H and O–H groups in total. The van der Waals surface area contributed by atoms with Gasteiger partial charge in [0.25, 0.3) is 0 Å². The smallest absolute Gasteiger partial charge is 0.313 e. The molecule has 0 unspecified atom stereocenters. The van der Waals surface area contributed by atoms with Gasteiger partial charge in [-0.3, -0.25) is 14.5 Å². The zero-order chi connectivity index (χ0) is 17.6. The van der Waals surface area contributed by atoms with E-state index in [-0.39, 0.29) is 4.90 Å². The van der Waals surface area contributed by atoms with Crippen LogP contribution >= 0.6 is 0 Å². The Morgan fingerprint density at radius 1 is 1.12 bits per heavy atom. The van der Waals surface area contributed by atoms with Gasteiger partial charge in [0, 0.05) is 31.9 Å². The first-order valence-electron chi connectivity index (χ1n) is 7.38. The number of hydrogen-bond acceptors (Lipinski definition) is 6. The number of rotatable bonds is 5. The van der Waals surface area contributed by atoms with E-state index < -0.39 is 21.8 Å². The van der Waals surface area contributed by atoms with Gasteiger partial charge in [-0.05, 0) is 24.3 Å². The van der Waals surface area contributed by atoms with Crippen LogP contribution in [0.1, 0.15) is 0 Å². The van der Waals surface area contributed by atoms with Crippen molar-refractivity contribution in [3.63, 3.8) is 0 Å². The van der Waals surface area contributed by atoms with Crippen molar-refractivity contribution in [3.05, 3.63) is 24.3 Å². The second-order valence-electron chi connectivity index (χ2n) is 5.23. The van der Waals surface area contributed by atoms with Crippen molar-refractivity contribution in [2.24, 2.45) is 5.14 Å². The number of sulfonamides is 1. The molecular weight excluding hydrogens is 336 g/mol. The molecule has 10 heteroatoms. The van der Waals surface area contributed by atoms with E-state index >= 15 is 0 Å². The first kappa shape index (κ1) is 18.3. The minimum atomic E-state index is -3.79. The molecule has 24 heavy (non-hydrogen) atoms. The number of nitrogens with zero attached hydrogens (tertiary/aromatic N) is 1. The third-order valence-corrected chi connectivity index (χ3v) is 4.39. The van der Waals surface area contributed by atoms with Gasteiger partial charge in [-0.25, -0.2) is 13.6 Å². The molecule has 0 saturated carbocycles. The fraction of sp³-hybridized carbons (Fsp3) is 0.429. The predicted molar refractivity (Wildman–Crippen MR) is 86.7 cm³/mol. The van der Waals surface area contributed by atoms with Crippen molar-refractivity contribution in [1.82, 2.24) is 10.2 Å². The Labute approximate surface area is 140 Å². The fourth-order valence-electron chi connectivity index (χ4n) is 2.15. The highest BCUT2D eigenvalue weighted by molar-refractivity contribution is 7.89. The van der Waals surface area contributed by atoms with Gasteiger partial charge in [0.15, 0.2) is 0 Å². The van der Waals surface area contributed by atoms with Crippen LogP contribution in [-0.4, -0.2) is 64.5 Å². The lowest BCUT2D eigenvalue weighted by atomic mass is 10.3. The lowest BCUT2D eigenvalue weighted by Crippen LogP contribution is -2.43. The Bertz CT molecular complexity index is 684. The van der Waals surface area contributed by atoms with E-state index in [9.17, 15) is 18.0 Å². The van der Waals surface area contributed by atoms with Crippen LogP contribution in [0.25, 0.3) is 0 Å². The molecule has 0 radical (unpaired) electrons. The van der Waals surface area contributed by atoms with E-state index in [1.165, 1.54) is 24.3 Å². The van der Waals surface area contributed by atoms with Gasteiger partial charge in [-0.2, -0.15) is 0 Å². The van der Waals surface area contributed by atoms with Crippen molar-refractivity contribution in [2.75, 3.05) is 44.7 Å². The maximum Gasteiger partial charge on any atom is 0.313 e. The average molecular weight is 356 g/mol. The summed E-state index contributed by atoms with van der Waals surface area (Å²) < 4.78 is 27.5. The molecule has 2 rings (SSSR count). The normalized spacial score (nSPS) is 15.7. The lowest BCUT2D eigenvalue weighted by Gasteiger charge is -2.26. The van der Waals surface area contributed by atoms with Crippen LogP contribution < -0.4 is 15.8 Å². The van der Waals surface area contributed by atoms with Crippen molar-refractivity contribution in [2.45, 2.75) is 4.90 Å². The third kappa shape index (κ3) is 5.57. The number of ether oxygens (including phenoxy) is 1. The summed E-state index contributed by atoms with van der Waals surface area (Å²) in [6, 6.07) is 5.22. The summed E-state index contributed by atoms with van der Waals surface area (Å²) in [7, 11) is -3.79. The van der Waals surface area contributed by atoms with Gasteiger partial charge in [0.2, 0.25) is 10.0 Å². The van der Waals surface area contributed by atoms with Gasteiger partial charge >= 0.3 is 11.8 Å². The lowest BCUT2D eigenvalue weighted by molar-refractivity contribution is -0.136. The second kappa shape index (κ2) is 8.20. The number of nitrogens with two attached hydrogens (primary N) is 1. The molecule has 132 valence electrons. The minimum absolute atomic E-state index is 0.0736. The molecule has 1 heterocycles. The predicted octanol–water partition coefficient (Wildman–Crippen LogP) is -1.28. The van der Waals surface area contributed by atoms with E-state index in [0.29, 0.717) is 32.0 Å². The van der Waals surface area contributed by atoms with Gasteiger partial charge in [-0.1, -0.05) is 0 Å². The molecule has 1 saturated heterocycles. The average Bonchev–Trinajstić information content (AvgIpc) is 2.55. The summed E-state index contributed by atoms with van der Waals surface area (Å²) in [5.74, 6) is -1.57. The van der Waals surface area contributed by atoms with Crippen LogP contribution in [0.5, 0.6) is 0 Å². The highest BCUT2D eigenvalue weighted by atomic mass is 32.2. The quantitative estimate of drug-likeness (QED) is 0.563. The standard InChI is InChI=1S/C14H20N4O5S/c15-24(21,22)12-3-1-11(2-4-12)17-14(20)13(19)16-5-6-18-7-9-23-10-8-18/h1-4H,5-10H2,(H,16,19)(H,17,20)(H2,15,21,22). The first-order valence-corrected chi connectivity index (χ1v) is 8.93. The van der Waals surface area contributed by atoms with Gasteiger partial charge in [-0.15, -0.1) is 0 Å². The minimum Gasteiger partial charge on any atom is -0.379 e. The Morgan fingerprint density at radius 3 is 2.33 bits per heavy atom. The van der Waals surface area contributed by atoms with E-state index in [1.807, 2.05) is 0 Å². The Morgan fingerprint density at radius 2 is 1.75 bits per heavy atom. The summed E-state index contributed by atoms with van der Waals surface area (Å²) in [6.07, 6.45) is 0. The number of primary sulfonamides is 1. The zero-order valence-electron chi connectivity index (χ0n) is 13.0. The highest BCUT2D eigenvalue weighted by Gasteiger charge is 2.15. The molecule has 1 aromatic carbocycles. The molecule has 9 nitrogen and oxygen atoms in total. The summed E-state index contributed by atoms with van der Waals surface area (Å²) in [5.41, 5.74) is 0.302. The summed E-state index contributed by atoms with van der Waals surface area (Å²) in [5, 5.41) is 9.91. The largest absolute Gasteiger partial charge is 0.379 e. The molecule has 0 aromatic heterocycles. The molecule has 1 fully saturated rings. The highest BCUT2D eigenvalue weighted by Crippen LogP contribution is 2.12. The van der Waals surface area contributed by atoms with Crippen LogP contribution in [0.15, 0.2) is 29.2 Å². The molecule has 2 amide bonds. The molecule has 0 spiro atoms. The van der Waals surface area contributed by atoms with Gasteiger partial charge < -0.3 is 15.4 Å². The molecular formula is C14H20N4O5S. The molecule has 1 aliphatic rings. The first-order chi connectivity index (χ1) is 11.4. The fourth-order valence-corrected chi connectivity index (χ4v) is 2.66. The molecule has 1 aromatic rings. The SMILES string of the molecule is NS(=O)(=O)c1ccc(NC(=O)C(=O)NCCN2CCOCC2)cc1.